The largest absolute Gasteiger partial charge is 0.315 e. The normalized spacial score (nSPS) is 20.9. The Bertz CT molecular complexity index is 234. The summed E-state index contributed by atoms with van der Waals surface area (Å²) in [5.41, 5.74) is 0.364. The Balaban J connectivity index is 2.63. The van der Waals surface area contributed by atoms with Crippen LogP contribution in [0.25, 0.3) is 0 Å². The van der Waals surface area contributed by atoms with Gasteiger partial charge in [-0.2, -0.15) is 0 Å². The highest BCUT2D eigenvalue weighted by Crippen LogP contribution is 2.38. The van der Waals surface area contributed by atoms with Crippen LogP contribution >= 0.6 is 0 Å². The van der Waals surface area contributed by atoms with Crippen LogP contribution in [0.2, 0.25) is 0 Å². The van der Waals surface area contributed by atoms with Crippen LogP contribution in [0.5, 0.6) is 0 Å². The van der Waals surface area contributed by atoms with Crippen molar-refractivity contribution in [2.24, 2.45) is 0 Å². The molecule has 1 atom stereocenters. The number of hydrogen-bond acceptors (Lipinski definition) is 2. The summed E-state index contributed by atoms with van der Waals surface area (Å²) in [6.07, 6.45) is 13.9. The third-order valence-corrected chi connectivity index (χ3v) is 4.17. The summed E-state index contributed by atoms with van der Waals surface area (Å²) in [5, 5.41) is 3.51. The Morgan fingerprint density at radius 1 is 1.38 bits per heavy atom. The van der Waals surface area contributed by atoms with Crippen LogP contribution in [-0.2, 0) is 0 Å². The molecule has 16 heavy (non-hydrogen) atoms. The Kier molecular flexibility index (Phi) is 5.31. The van der Waals surface area contributed by atoms with Gasteiger partial charge in [-0.25, -0.2) is 0 Å². The van der Waals surface area contributed by atoms with Gasteiger partial charge in [0.2, 0.25) is 0 Å². The molecule has 1 aliphatic carbocycles. The first-order chi connectivity index (χ1) is 7.67. The molecular weight excluding hydrogens is 196 g/mol. The predicted molar refractivity (Wildman–Crippen MR) is 70.4 cm³/mol. The second kappa shape index (κ2) is 6.27. The lowest BCUT2D eigenvalue weighted by molar-refractivity contribution is 0.103. The molecule has 0 heterocycles. The molecule has 0 aromatic carbocycles. The molecule has 0 aromatic heterocycles. The van der Waals surface area contributed by atoms with Gasteiger partial charge in [0.15, 0.2) is 0 Å². The van der Waals surface area contributed by atoms with Crippen molar-refractivity contribution in [2.45, 2.75) is 56.5 Å². The second-order valence-electron chi connectivity index (χ2n) is 5.14. The third kappa shape index (κ3) is 2.78. The SMILES string of the molecule is C#CCCCC(NC)C1(N(C)C)CCCC1. The third-order valence-electron chi connectivity index (χ3n) is 4.17. The van der Waals surface area contributed by atoms with E-state index in [-0.39, 0.29) is 0 Å². The van der Waals surface area contributed by atoms with Gasteiger partial charge in [0, 0.05) is 18.0 Å². The van der Waals surface area contributed by atoms with Crippen molar-refractivity contribution in [3.05, 3.63) is 0 Å². The first kappa shape index (κ1) is 13.5. The second-order valence-corrected chi connectivity index (χ2v) is 5.14. The van der Waals surface area contributed by atoms with Crippen LogP contribution in [0, 0.1) is 12.3 Å². The summed E-state index contributed by atoms with van der Waals surface area (Å²) < 4.78 is 0. The average Bonchev–Trinajstić information content (AvgIpc) is 2.74. The summed E-state index contributed by atoms with van der Waals surface area (Å²) in [6.45, 7) is 0. The lowest BCUT2D eigenvalue weighted by atomic mass is 9.84. The van der Waals surface area contributed by atoms with Crippen LogP contribution in [0.3, 0.4) is 0 Å². The number of likely N-dealkylation sites (N-methyl/N-ethyl adjacent to an activating group) is 2. The number of nitrogens with one attached hydrogen (secondary N) is 1. The van der Waals surface area contributed by atoms with E-state index in [1.54, 1.807) is 0 Å². The predicted octanol–water partition coefficient (Wildman–Crippen LogP) is 2.25. The van der Waals surface area contributed by atoms with E-state index in [2.05, 4.69) is 37.3 Å². The van der Waals surface area contributed by atoms with Crippen LogP contribution < -0.4 is 5.32 Å². The van der Waals surface area contributed by atoms with Crippen molar-refractivity contribution >= 4 is 0 Å². The van der Waals surface area contributed by atoms with E-state index in [4.69, 9.17) is 6.42 Å². The van der Waals surface area contributed by atoms with Crippen molar-refractivity contribution in [3.8, 4) is 12.3 Å². The van der Waals surface area contributed by atoms with Gasteiger partial charge in [0.1, 0.15) is 0 Å². The zero-order valence-electron chi connectivity index (χ0n) is 11.1. The minimum atomic E-state index is 0.364. The van der Waals surface area contributed by atoms with Gasteiger partial charge in [-0.05, 0) is 46.8 Å². The molecule has 0 saturated heterocycles. The van der Waals surface area contributed by atoms with E-state index in [0.29, 0.717) is 11.6 Å². The Hall–Kier alpha value is -0.520. The smallest absolute Gasteiger partial charge is 0.0356 e. The molecule has 0 aliphatic heterocycles. The fraction of sp³-hybridized carbons (Fsp3) is 0.857. The summed E-state index contributed by atoms with van der Waals surface area (Å²) in [4.78, 5) is 2.43. The Morgan fingerprint density at radius 3 is 2.44 bits per heavy atom. The van der Waals surface area contributed by atoms with Gasteiger partial charge < -0.3 is 10.2 Å². The standard InChI is InChI=1S/C14H26N2/c1-5-6-7-10-13(15-2)14(16(3)4)11-8-9-12-14/h1,13,15H,6-12H2,2-4H3. The molecule has 1 aliphatic rings. The minimum absolute atomic E-state index is 0.364. The molecule has 92 valence electrons. The minimum Gasteiger partial charge on any atom is -0.315 e. The lowest BCUT2D eigenvalue weighted by Gasteiger charge is -2.43. The molecule has 1 fully saturated rings. The molecule has 2 nitrogen and oxygen atoms in total. The number of hydrogen-bond donors (Lipinski definition) is 1. The maximum atomic E-state index is 5.32. The topological polar surface area (TPSA) is 15.3 Å². The highest BCUT2D eigenvalue weighted by atomic mass is 15.2. The van der Waals surface area contributed by atoms with Gasteiger partial charge in [0.25, 0.3) is 0 Å². The van der Waals surface area contributed by atoms with Crippen LogP contribution in [0.1, 0.15) is 44.9 Å². The molecule has 0 aromatic rings. The highest BCUT2D eigenvalue weighted by molar-refractivity contribution is 5.01. The van der Waals surface area contributed by atoms with E-state index < -0.39 is 0 Å². The average molecular weight is 222 g/mol. The fourth-order valence-electron chi connectivity index (χ4n) is 3.18. The van der Waals surface area contributed by atoms with Crippen molar-refractivity contribution in [3.63, 3.8) is 0 Å². The van der Waals surface area contributed by atoms with E-state index in [1.165, 1.54) is 32.1 Å². The molecular formula is C14H26N2. The quantitative estimate of drug-likeness (QED) is 0.548. The molecule has 0 radical (unpaired) electrons. The number of terminal acetylenes is 1. The molecule has 2 heteroatoms. The molecule has 1 rings (SSSR count). The molecule has 1 saturated carbocycles. The van der Waals surface area contributed by atoms with E-state index in [0.717, 1.165) is 12.8 Å². The van der Waals surface area contributed by atoms with Crippen LogP contribution in [0.4, 0.5) is 0 Å². The van der Waals surface area contributed by atoms with Crippen LogP contribution in [0.15, 0.2) is 0 Å². The number of unbranched alkanes of at least 4 members (excludes halogenated alkanes) is 1. The van der Waals surface area contributed by atoms with Crippen molar-refractivity contribution in [1.29, 1.82) is 0 Å². The zero-order chi connectivity index (χ0) is 12.0. The van der Waals surface area contributed by atoms with Gasteiger partial charge in [-0.1, -0.05) is 12.8 Å². The monoisotopic (exact) mass is 222 g/mol. The molecule has 1 unspecified atom stereocenters. The number of nitrogens with zero attached hydrogens (tertiary/aromatic N) is 1. The summed E-state index contributed by atoms with van der Waals surface area (Å²) in [7, 11) is 6.53. The lowest BCUT2D eigenvalue weighted by Crippen LogP contribution is -2.56. The Morgan fingerprint density at radius 2 is 2.00 bits per heavy atom. The first-order valence-electron chi connectivity index (χ1n) is 6.45. The first-order valence-corrected chi connectivity index (χ1v) is 6.45. The molecule has 0 spiro atoms. The zero-order valence-corrected chi connectivity index (χ0v) is 11.1. The molecule has 1 N–H and O–H groups in total. The van der Waals surface area contributed by atoms with E-state index >= 15 is 0 Å². The van der Waals surface area contributed by atoms with E-state index in [9.17, 15) is 0 Å². The maximum absolute atomic E-state index is 5.32. The Labute approximate surface area is 101 Å². The van der Waals surface area contributed by atoms with Gasteiger partial charge in [-0.3, -0.25) is 0 Å². The molecule has 0 amide bonds. The fourth-order valence-corrected chi connectivity index (χ4v) is 3.18. The molecule has 0 bridgehead atoms. The summed E-state index contributed by atoms with van der Waals surface area (Å²) >= 11 is 0. The van der Waals surface area contributed by atoms with Crippen molar-refractivity contribution < 1.29 is 0 Å². The van der Waals surface area contributed by atoms with Gasteiger partial charge in [0.05, 0.1) is 0 Å². The highest BCUT2D eigenvalue weighted by Gasteiger charge is 2.41. The number of rotatable bonds is 6. The van der Waals surface area contributed by atoms with Crippen LogP contribution in [-0.4, -0.2) is 37.6 Å². The van der Waals surface area contributed by atoms with Gasteiger partial charge in [-0.15, -0.1) is 12.3 Å². The van der Waals surface area contributed by atoms with E-state index in [1.807, 2.05) is 0 Å². The van der Waals surface area contributed by atoms with Crippen molar-refractivity contribution in [1.82, 2.24) is 10.2 Å². The van der Waals surface area contributed by atoms with Gasteiger partial charge >= 0.3 is 0 Å². The maximum Gasteiger partial charge on any atom is 0.0356 e. The van der Waals surface area contributed by atoms with Crippen molar-refractivity contribution in [2.75, 3.05) is 21.1 Å². The summed E-state index contributed by atoms with van der Waals surface area (Å²) in [5.74, 6) is 2.74. The summed E-state index contributed by atoms with van der Waals surface area (Å²) in [6, 6.07) is 0.582.